The van der Waals surface area contributed by atoms with Crippen molar-refractivity contribution in [1.29, 1.82) is 0 Å². The molecule has 0 saturated carbocycles. The maximum atomic E-state index is 2.91. The van der Waals surface area contributed by atoms with Crippen molar-refractivity contribution in [2.45, 2.75) is 13.8 Å². The van der Waals surface area contributed by atoms with E-state index in [-0.39, 0.29) is 0 Å². The lowest BCUT2D eigenvalue weighted by atomic mass is 10.4. The van der Waals surface area contributed by atoms with E-state index in [1.54, 1.807) is 0 Å². The van der Waals surface area contributed by atoms with Gasteiger partial charge in [0.05, 0.1) is 0 Å². The first-order valence-corrected chi connectivity index (χ1v) is 2.08. The normalized spacial score (nSPS) is 7.17. The second kappa shape index (κ2) is 2.76. The number of hydrogen-bond acceptors (Lipinski definition) is 1. The predicted molar refractivity (Wildman–Crippen MR) is 28.5 cm³/mol. The highest BCUT2D eigenvalue weighted by Crippen LogP contribution is 1.80. The van der Waals surface area contributed by atoms with Gasteiger partial charge in [-0.3, -0.25) is 0 Å². The zero-order valence-corrected chi connectivity index (χ0v) is 4.58. The summed E-state index contributed by atoms with van der Waals surface area (Å²) in [5, 5.41) is 2.91. The van der Waals surface area contributed by atoms with E-state index in [0.29, 0.717) is 0 Å². The van der Waals surface area contributed by atoms with Crippen molar-refractivity contribution in [3.05, 3.63) is 11.8 Å². The summed E-state index contributed by atoms with van der Waals surface area (Å²) in [7, 11) is 1.90. The molecule has 0 aliphatic carbocycles. The molecule has 1 heteroatoms. The molecule has 1 N–H and O–H groups in total. The van der Waals surface area contributed by atoms with Crippen LogP contribution in [0.2, 0.25) is 0 Å². The molecule has 0 aliphatic rings. The monoisotopic (exact) mass is 85.1 g/mol. The van der Waals surface area contributed by atoms with Crippen molar-refractivity contribution in [2.75, 3.05) is 7.05 Å². The van der Waals surface area contributed by atoms with Crippen LogP contribution in [0.1, 0.15) is 13.8 Å². The van der Waals surface area contributed by atoms with Crippen LogP contribution in [0.15, 0.2) is 11.8 Å². The Labute approximate surface area is 39.1 Å². The molecule has 36 valence electrons. The number of rotatable bonds is 1. The highest BCUT2D eigenvalue weighted by molar-refractivity contribution is 4.89. The molecule has 1 nitrogen and oxygen atoms in total. The zero-order chi connectivity index (χ0) is 4.99. The third-order valence-electron chi connectivity index (χ3n) is 0.433. The molecule has 0 heterocycles. The lowest BCUT2D eigenvalue weighted by molar-refractivity contribution is 1.07. The molecule has 0 rings (SSSR count). The molecule has 0 amide bonds. The molecule has 0 aliphatic heterocycles. The van der Waals surface area contributed by atoms with Gasteiger partial charge in [0, 0.05) is 7.05 Å². The number of hydrogen-bond donors (Lipinski definition) is 1. The van der Waals surface area contributed by atoms with Crippen molar-refractivity contribution >= 4 is 0 Å². The Morgan fingerprint density at radius 3 is 2.00 bits per heavy atom. The van der Waals surface area contributed by atoms with Gasteiger partial charge in [-0.2, -0.15) is 0 Å². The van der Waals surface area contributed by atoms with Gasteiger partial charge in [0.1, 0.15) is 0 Å². The summed E-state index contributed by atoms with van der Waals surface area (Å²) in [6.07, 6.45) is 1.96. The van der Waals surface area contributed by atoms with Crippen LogP contribution in [-0.2, 0) is 0 Å². The molecule has 0 radical (unpaired) electrons. The van der Waals surface area contributed by atoms with Gasteiger partial charge in [0.25, 0.3) is 0 Å². The minimum atomic E-state index is 1.30. The maximum Gasteiger partial charge on any atom is 0.00276 e. The van der Waals surface area contributed by atoms with Crippen LogP contribution < -0.4 is 5.32 Å². The number of allylic oxidation sites excluding steroid dienone is 1. The van der Waals surface area contributed by atoms with Crippen LogP contribution in [0.25, 0.3) is 0 Å². The summed E-state index contributed by atoms with van der Waals surface area (Å²) >= 11 is 0. The van der Waals surface area contributed by atoms with E-state index in [2.05, 4.69) is 19.2 Å². The summed E-state index contributed by atoms with van der Waals surface area (Å²) in [6, 6.07) is 0. The average molecular weight is 85.1 g/mol. The largest absolute Gasteiger partial charge is 0.394 e. The highest BCUT2D eigenvalue weighted by atomic mass is 14.8. The van der Waals surface area contributed by atoms with Gasteiger partial charge >= 0.3 is 0 Å². The van der Waals surface area contributed by atoms with E-state index in [4.69, 9.17) is 0 Å². The Morgan fingerprint density at radius 1 is 1.50 bits per heavy atom. The fourth-order valence-electron chi connectivity index (χ4n) is 0.289. The lowest BCUT2D eigenvalue weighted by Crippen LogP contribution is -1.91. The standard InChI is InChI=1S/C5H11N/c1-5(2)4-6-3/h4,6H,1-3H3. The Hall–Kier alpha value is -0.460. The topological polar surface area (TPSA) is 12.0 Å². The van der Waals surface area contributed by atoms with Gasteiger partial charge < -0.3 is 5.32 Å². The second-order valence-electron chi connectivity index (χ2n) is 1.51. The van der Waals surface area contributed by atoms with Gasteiger partial charge in [-0.1, -0.05) is 5.57 Å². The molecular formula is C5H11N. The molecule has 6 heavy (non-hydrogen) atoms. The van der Waals surface area contributed by atoms with Gasteiger partial charge in [0.15, 0.2) is 0 Å². The molecule has 0 aromatic rings. The van der Waals surface area contributed by atoms with E-state index < -0.39 is 0 Å². The van der Waals surface area contributed by atoms with Gasteiger partial charge in [0.2, 0.25) is 0 Å². The molecule has 0 spiro atoms. The maximum absolute atomic E-state index is 2.91. The zero-order valence-electron chi connectivity index (χ0n) is 4.58. The molecule has 0 unspecified atom stereocenters. The van der Waals surface area contributed by atoms with Crippen LogP contribution in [0.4, 0.5) is 0 Å². The first-order valence-electron chi connectivity index (χ1n) is 2.08. The Kier molecular flexibility index (Phi) is 2.55. The predicted octanol–water partition coefficient (Wildman–Crippen LogP) is 1.13. The van der Waals surface area contributed by atoms with Crippen LogP contribution in [0.5, 0.6) is 0 Å². The van der Waals surface area contributed by atoms with E-state index in [1.165, 1.54) is 5.57 Å². The fourth-order valence-corrected chi connectivity index (χ4v) is 0.289. The molecule has 0 fully saturated rings. The molecular weight excluding hydrogens is 74.1 g/mol. The first-order chi connectivity index (χ1) is 2.77. The molecule has 0 saturated heterocycles. The average Bonchev–Trinajstić information content (AvgIpc) is 1.35. The highest BCUT2D eigenvalue weighted by Gasteiger charge is 1.65. The van der Waals surface area contributed by atoms with Crippen LogP contribution in [0, 0.1) is 0 Å². The Bertz CT molecular complexity index is 51.0. The minimum Gasteiger partial charge on any atom is -0.394 e. The Morgan fingerprint density at radius 2 is 2.00 bits per heavy atom. The molecule has 0 bridgehead atoms. The van der Waals surface area contributed by atoms with Crippen molar-refractivity contribution in [3.63, 3.8) is 0 Å². The van der Waals surface area contributed by atoms with Crippen LogP contribution >= 0.6 is 0 Å². The van der Waals surface area contributed by atoms with Crippen molar-refractivity contribution in [3.8, 4) is 0 Å². The van der Waals surface area contributed by atoms with E-state index in [9.17, 15) is 0 Å². The van der Waals surface area contributed by atoms with Crippen molar-refractivity contribution in [2.24, 2.45) is 0 Å². The number of nitrogens with one attached hydrogen (secondary N) is 1. The third kappa shape index (κ3) is 3.54. The van der Waals surface area contributed by atoms with Gasteiger partial charge in [-0.25, -0.2) is 0 Å². The SMILES string of the molecule is CNC=C(C)C. The second-order valence-corrected chi connectivity index (χ2v) is 1.51. The summed E-state index contributed by atoms with van der Waals surface area (Å²) in [5.41, 5.74) is 1.30. The third-order valence-corrected chi connectivity index (χ3v) is 0.433. The van der Waals surface area contributed by atoms with Crippen LogP contribution in [-0.4, -0.2) is 7.05 Å². The minimum absolute atomic E-state index is 1.30. The van der Waals surface area contributed by atoms with Gasteiger partial charge in [-0.15, -0.1) is 0 Å². The summed E-state index contributed by atoms with van der Waals surface area (Å²) in [5.74, 6) is 0. The van der Waals surface area contributed by atoms with E-state index in [0.717, 1.165) is 0 Å². The van der Waals surface area contributed by atoms with Crippen LogP contribution in [0.3, 0.4) is 0 Å². The molecule has 0 atom stereocenters. The molecule has 0 aromatic heterocycles. The van der Waals surface area contributed by atoms with Crippen molar-refractivity contribution in [1.82, 2.24) is 5.32 Å². The lowest BCUT2D eigenvalue weighted by Gasteiger charge is -1.84. The molecule has 0 aromatic carbocycles. The summed E-state index contributed by atoms with van der Waals surface area (Å²) in [6.45, 7) is 4.10. The van der Waals surface area contributed by atoms with E-state index in [1.807, 2.05) is 13.2 Å². The Balaban J connectivity index is 3.14. The summed E-state index contributed by atoms with van der Waals surface area (Å²) < 4.78 is 0. The van der Waals surface area contributed by atoms with Gasteiger partial charge in [-0.05, 0) is 20.0 Å². The van der Waals surface area contributed by atoms with Crippen molar-refractivity contribution < 1.29 is 0 Å². The fraction of sp³-hybridized carbons (Fsp3) is 0.600. The first kappa shape index (κ1) is 5.54. The summed E-state index contributed by atoms with van der Waals surface area (Å²) in [4.78, 5) is 0. The smallest absolute Gasteiger partial charge is 0.00276 e. The quantitative estimate of drug-likeness (QED) is 0.503. The van der Waals surface area contributed by atoms with E-state index >= 15 is 0 Å².